The monoisotopic (exact) mass is 179 g/mol. The number of ketones is 1. The van der Waals surface area contributed by atoms with Crippen LogP contribution in [0.4, 0.5) is 13.2 Å². The molecule has 66 valence electrons. The second-order valence-corrected chi connectivity index (χ2v) is 2.07. The van der Waals surface area contributed by atoms with Crippen molar-refractivity contribution < 1.29 is 22.4 Å². The summed E-state index contributed by atoms with van der Waals surface area (Å²) in [5, 5.41) is 0. The molecule has 0 aliphatic heterocycles. The van der Waals surface area contributed by atoms with Crippen LogP contribution in [0.2, 0.25) is 0 Å². The van der Waals surface area contributed by atoms with Crippen LogP contribution in [0.15, 0.2) is 17.0 Å². The van der Waals surface area contributed by atoms with Crippen molar-refractivity contribution >= 4 is 5.78 Å². The molecule has 0 spiro atoms. The fourth-order valence-corrected chi connectivity index (χ4v) is 0.588. The zero-order valence-corrected chi connectivity index (χ0v) is 5.76. The number of halogens is 3. The molecule has 0 aromatic carbocycles. The molecule has 0 saturated heterocycles. The van der Waals surface area contributed by atoms with Crippen molar-refractivity contribution in [1.82, 2.24) is 4.98 Å². The molecule has 12 heavy (non-hydrogen) atoms. The average molecular weight is 179 g/mol. The Kier molecular flexibility index (Phi) is 2.16. The first-order chi connectivity index (χ1) is 5.50. The molecule has 0 radical (unpaired) electrons. The van der Waals surface area contributed by atoms with E-state index in [4.69, 9.17) is 0 Å². The number of hydrogen-bond acceptors (Lipinski definition) is 3. The highest BCUT2D eigenvalue weighted by molar-refractivity contribution is 5.85. The molecule has 0 aliphatic rings. The van der Waals surface area contributed by atoms with Crippen molar-refractivity contribution in [2.45, 2.75) is 12.6 Å². The summed E-state index contributed by atoms with van der Waals surface area (Å²) >= 11 is 0. The van der Waals surface area contributed by atoms with Gasteiger partial charge in [0.1, 0.15) is 5.76 Å². The largest absolute Gasteiger partial charge is 0.450 e. The lowest BCUT2D eigenvalue weighted by atomic mass is 10.2. The first-order valence-electron chi connectivity index (χ1n) is 2.97. The number of alkyl halides is 3. The molecule has 0 aliphatic carbocycles. The maximum absolute atomic E-state index is 11.6. The molecule has 6 heteroatoms. The smallest absolute Gasteiger partial charge is 0.448 e. The van der Waals surface area contributed by atoms with Gasteiger partial charge >= 0.3 is 6.18 Å². The zero-order chi connectivity index (χ0) is 9.19. The molecule has 1 aromatic rings. The highest BCUT2D eigenvalue weighted by Gasteiger charge is 2.38. The van der Waals surface area contributed by atoms with E-state index in [2.05, 4.69) is 9.40 Å². The van der Waals surface area contributed by atoms with Crippen LogP contribution in [-0.4, -0.2) is 16.9 Å². The molecule has 3 nitrogen and oxygen atoms in total. The van der Waals surface area contributed by atoms with E-state index >= 15 is 0 Å². The number of rotatable bonds is 2. The van der Waals surface area contributed by atoms with Crippen LogP contribution in [0.5, 0.6) is 0 Å². The number of hydrogen-bond donors (Lipinski definition) is 0. The SMILES string of the molecule is O=C(Cc1cnco1)C(F)(F)F. The van der Waals surface area contributed by atoms with Crippen LogP contribution in [-0.2, 0) is 11.2 Å². The summed E-state index contributed by atoms with van der Waals surface area (Å²) in [7, 11) is 0. The molecule has 1 heterocycles. The molecule has 1 aromatic heterocycles. The summed E-state index contributed by atoms with van der Waals surface area (Å²) in [6.45, 7) is 0. The third-order valence-electron chi connectivity index (χ3n) is 1.13. The van der Waals surface area contributed by atoms with Gasteiger partial charge in [-0.1, -0.05) is 0 Å². The molecule has 1 rings (SSSR count). The van der Waals surface area contributed by atoms with Gasteiger partial charge in [0.25, 0.3) is 0 Å². The number of oxazole rings is 1. The standard InChI is InChI=1S/C6H4F3NO2/c7-6(8,9)5(11)1-4-2-10-3-12-4/h2-3H,1H2. The van der Waals surface area contributed by atoms with E-state index in [9.17, 15) is 18.0 Å². The Bertz CT molecular complexity index is 265. The molecular formula is C6H4F3NO2. The second kappa shape index (κ2) is 2.96. The van der Waals surface area contributed by atoms with Crippen molar-refractivity contribution in [3.8, 4) is 0 Å². The topological polar surface area (TPSA) is 43.1 Å². The van der Waals surface area contributed by atoms with Crippen molar-refractivity contribution in [2.75, 3.05) is 0 Å². The summed E-state index contributed by atoms with van der Waals surface area (Å²) < 4.78 is 39.4. The first-order valence-corrected chi connectivity index (χ1v) is 2.97. The van der Waals surface area contributed by atoms with Gasteiger partial charge in [-0.05, 0) is 0 Å². The fourth-order valence-electron chi connectivity index (χ4n) is 0.588. The zero-order valence-electron chi connectivity index (χ0n) is 5.76. The van der Waals surface area contributed by atoms with E-state index < -0.39 is 18.4 Å². The number of carbonyl (C=O) groups excluding carboxylic acids is 1. The molecule has 0 bridgehead atoms. The van der Waals surface area contributed by atoms with Gasteiger partial charge in [-0.2, -0.15) is 13.2 Å². The van der Waals surface area contributed by atoms with Gasteiger partial charge < -0.3 is 4.42 Å². The maximum atomic E-state index is 11.6. The van der Waals surface area contributed by atoms with Gasteiger partial charge in [0.2, 0.25) is 5.78 Å². The van der Waals surface area contributed by atoms with Crippen LogP contribution in [0.3, 0.4) is 0 Å². The van der Waals surface area contributed by atoms with Gasteiger partial charge in [-0.3, -0.25) is 4.79 Å². The Labute approximate surface area is 65.2 Å². The van der Waals surface area contributed by atoms with Crippen molar-refractivity contribution in [3.63, 3.8) is 0 Å². The summed E-state index contributed by atoms with van der Waals surface area (Å²) in [5.74, 6) is -1.92. The lowest BCUT2D eigenvalue weighted by Gasteiger charge is -2.01. The van der Waals surface area contributed by atoms with Crippen molar-refractivity contribution in [1.29, 1.82) is 0 Å². The van der Waals surface area contributed by atoms with Gasteiger partial charge in [0.15, 0.2) is 6.39 Å². The number of Topliss-reactive ketones (excluding diaryl/α,β-unsaturated/α-hetero) is 1. The summed E-state index contributed by atoms with van der Waals surface area (Å²) in [4.78, 5) is 13.7. The average Bonchev–Trinajstić information content (AvgIpc) is 2.37. The maximum Gasteiger partial charge on any atom is 0.450 e. The van der Waals surface area contributed by atoms with E-state index in [1.54, 1.807) is 0 Å². The molecule has 0 atom stereocenters. The highest BCUT2D eigenvalue weighted by atomic mass is 19.4. The Morgan fingerprint density at radius 2 is 2.25 bits per heavy atom. The van der Waals surface area contributed by atoms with Crippen LogP contribution < -0.4 is 0 Å². The minimum Gasteiger partial charge on any atom is -0.448 e. The lowest BCUT2D eigenvalue weighted by molar-refractivity contribution is -0.170. The lowest BCUT2D eigenvalue weighted by Crippen LogP contribution is -2.24. The molecule has 0 fully saturated rings. The van der Waals surface area contributed by atoms with Crippen molar-refractivity contribution in [2.24, 2.45) is 0 Å². The molecule has 0 unspecified atom stereocenters. The van der Waals surface area contributed by atoms with E-state index in [-0.39, 0.29) is 5.76 Å². The van der Waals surface area contributed by atoms with Crippen LogP contribution in [0, 0.1) is 0 Å². The second-order valence-electron chi connectivity index (χ2n) is 2.07. The highest BCUT2D eigenvalue weighted by Crippen LogP contribution is 2.18. The quantitative estimate of drug-likeness (QED) is 0.688. The van der Waals surface area contributed by atoms with E-state index in [1.807, 2.05) is 0 Å². The number of nitrogens with zero attached hydrogens (tertiary/aromatic N) is 1. The Morgan fingerprint density at radius 3 is 2.67 bits per heavy atom. The Morgan fingerprint density at radius 1 is 1.58 bits per heavy atom. The van der Waals surface area contributed by atoms with Crippen molar-refractivity contribution in [3.05, 3.63) is 18.4 Å². The molecule has 0 N–H and O–H groups in total. The number of carbonyl (C=O) groups is 1. The summed E-state index contributed by atoms with van der Waals surface area (Å²) in [6, 6.07) is 0. The Hall–Kier alpha value is -1.33. The molecular weight excluding hydrogens is 175 g/mol. The van der Waals surface area contributed by atoms with Gasteiger partial charge in [0, 0.05) is 0 Å². The summed E-state index contributed by atoms with van der Waals surface area (Å²) in [6.07, 6.45) is -3.54. The minimum atomic E-state index is -4.80. The van der Waals surface area contributed by atoms with Gasteiger partial charge in [-0.15, -0.1) is 0 Å². The summed E-state index contributed by atoms with van der Waals surface area (Å²) in [5.41, 5.74) is 0. The van der Waals surface area contributed by atoms with Crippen LogP contribution >= 0.6 is 0 Å². The van der Waals surface area contributed by atoms with Gasteiger partial charge in [0.05, 0.1) is 12.6 Å². The van der Waals surface area contributed by atoms with E-state index in [0.717, 1.165) is 12.6 Å². The van der Waals surface area contributed by atoms with E-state index in [1.165, 1.54) is 0 Å². The fraction of sp³-hybridized carbons (Fsp3) is 0.333. The van der Waals surface area contributed by atoms with Crippen LogP contribution in [0.25, 0.3) is 0 Å². The normalized spacial score (nSPS) is 11.6. The predicted molar refractivity (Wildman–Crippen MR) is 31.3 cm³/mol. The third kappa shape index (κ3) is 2.08. The predicted octanol–water partition coefficient (Wildman–Crippen LogP) is 1.35. The van der Waals surface area contributed by atoms with Crippen LogP contribution in [0.1, 0.15) is 5.76 Å². The first kappa shape index (κ1) is 8.76. The number of aromatic nitrogens is 1. The molecule has 0 saturated carbocycles. The van der Waals surface area contributed by atoms with E-state index in [0.29, 0.717) is 0 Å². The Balaban J connectivity index is 2.60. The minimum absolute atomic E-state index is 0.0858. The molecule has 0 amide bonds. The third-order valence-corrected chi connectivity index (χ3v) is 1.13. The van der Waals surface area contributed by atoms with Gasteiger partial charge in [-0.25, -0.2) is 4.98 Å².